The highest BCUT2D eigenvalue weighted by atomic mass is 14.7. The van der Waals surface area contributed by atoms with Crippen molar-refractivity contribution in [3.63, 3.8) is 0 Å². The predicted molar refractivity (Wildman–Crippen MR) is 38.3 cm³/mol. The molecule has 1 aliphatic heterocycles. The zero-order chi connectivity index (χ0) is 6.10. The second-order valence-electron chi connectivity index (χ2n) is 2.20. The molecule has 1 heterocycles. The molecule has 1 unspecified atom stereocenters. The van der Waals surface area contributed by atoms with E-state index in [2.05, 4.69) is 23.2 Å². The summed E-state index contributed by atoms with van der Waals surface area (Å²) in [6.07, 6.45) is 12.2. The molecule has 1 nitrogen and oxygen atoms in total. The van der Waals surface area contributed by atoms with E-state index in [1.54, 1.807) is 0 Å². The Kier molecular flexibility index (Phi) is 0.890. The van der Waals surface area contributed by atoms with Gasteiger partial charge in [-0.25, -0.2) is 0 Å². The van der Waals surface area contributed by atoms with Crippen LogP contribution in [0.4, 0.5) is 0 Å². The van der Waals surface area contributed by atoms with E-state index >= 15 is 0 Å². The van der Waals surface area contributed by atoms with Crippen molar-refractivity contribution >= 4 is 6.21 Å². The van der Waals surface area contributed by atoms with E-state index in [9.17, 15) is 0 Å². The number of rotatable bonds is 0. The molecule has 0 bridgehead atoms. The van der Waals surface area contributed by atoms with Crippen molar-refractivity contribution in [3.8, 4) is 0 Å². The zero-order valence-corrected chi connectivity index (χ0v) is 4.99. The molecule has 2 aliphatic rings. The molecule has 0 amide bonds. The van der Waals surface area contributed by atoms with Gasteiger partial charge in [0.15, 0.2) is 0 Å². The Morgan fingerprint density at radius 3 is 3.22 bits per heavy atom. The van der Waals surface area contributed by atoms with E-state index < -0.39 is 0 Å². The van der Waals surface area contributed by atoms with Gasteiger partial charge in [-0.2, -0.15) is 0 Å². The lowest BCUT2D eigenvalue weighted by Gasteiger charge is -2.04. The summed E-state index contributed by atoms with van der Waals surface area (Å²) >= 11 is 0. The standard InChI is InChI=1S/C8H7N/c1-2-4-8-6-9-5-7(8)3-1/h1-7H. The smallest absolute Gasteiger partial charge is 0.0391 e. The third-order valence-electron chi connectivity index (χ3n) is 1.57. The molecular weight excluding hydrogens is 110 g/mol. The Bertz CT molecular complexity index is 231. The molecule has 1 aliphatic carbocycles. The van der Waals surface area contributed by atoms with E-state index in [1.807, 2.05) is 18.5 Å². The van der Waals surface area contributed by atoms with Crippen LogP contribution >= 0.6 is 0 Å². The monoisotopic (exact) mass is 117 g/mol. The van der Waals surface area contributed by atoms with E-state index in [4.69, 9.17) is 0 Å². The fourth-order valence-corrected chi connectivity index (χ4v) is 1.06. The van der Waals surface area contributed by atoms with Crippen molar-refractivity contribution in [1.29, 1.82) is 0 Å². The number of allylic oxidation sites excluding steroid dienone is 5. The van der Waals surface area contributed by atoms with Gasteiger partial charge in [-0.1, -0.05) is 24.3 Å². The van der Waals surface area contributed by atoms with Crippen LogP contribution in [-0.2, 0) is 0 Å². The zero-order valence-electron chi connectivity index (χ0n) is 4.99. The van der Waals surface area contributed by atoms with Crippen LogP contribution in [-0.4, -0.2) is 6.21 Å². The highest BCUT2D eigenvalue weighted by Crippen LogP contribution is 2.20. The molecule has 44 valence electrons. The van der Waals surface area contributed by atoms with E-state index in [1.165, 1.54) is 5.57 Å². The number of nitrogens with zero attached hydrogens (tertiary/aromatic N) is 1. The summed E-state index contributed by atoms with van der Waals surface area (Å²) < 4.78 is 0. The van der Waals surface area contributed by atoms with Gasteiger partial charge < -0.3 is 0 Å². The minimum Gasteiger partial charge on any atom is -0.268 e. The summed E-state index contributed by atoms with van der Waals surface area (Å²) in [5.41, 5.74) is 1.30. The van der Waals surface area contributed by atoms with Crippen molar-refractivity contribution in [2.45, 2.75) is 0 Å². The van der Waals surface area contributed by atoms with E-state index in [0.29, 0.717) is 5.92 Å². The van der Waals surface area contributed by atoms with Crippen molar-refractivity contribution < 1.29 is 0 Å². The molecule has 2 rings (SSSR count). The predicted octanol–water partition coefficient (Wildman–Crippen LogP) is 1.70. The normalized spacial score (nSPS) is 28.4. The first-order chi connectivity index (χ1) is 4.47. The van der Waals surface area contributed by atoms with E-state index in [-0.39, 0.29) is 0 Å². The summed E-state index contributed by atoms with van der Waals surface area (Å²) in [6, 6.07) is 0. The van der Waals surface area contributed by atoms with Crippen LogP contribution < -0.4 is 0 Å². The van der Waals surface area contributed by atoms with E-state index in [0.717, 1.165) is 0 Å². The quantitative estimate of drug-likeness (QED) is 0.458. The first kappa shape index (κ1) is 4.74. The van der Waals surface area contributed by atoms with Crippen LogP contribution in [0.2, 0.25) is 0 Å². The maximum Gasteiger partial charge on any atom is 0.0391 e. The number of aliphatic imine (C=N–C) groups is 1. The molecule has 0 saturated heterocycles. The number of hydrogen-bond donors (Lipinski definition) is 0. The highest BCUT2D eigenvalue weighted by molar-refractivity contribution is 5.74. The molecule has 0 spiro atoms. The second-order valence-corrected chi connectivity index (χ2v) is 2.20. The van der Waals surface area contributed by atoms with Gasteiger partial charge in [0.25, 0.3) is 0 Å². The van der Waals surface area contributed by atoms with Crippen LogP contribution in [0, 0.1) is 5.92 Å². The average Bonchev–Trinajstić information content (AvgIpc) is 2.33. The van der Waals surface area contributed by atoms with Crippen LogP contribution in [0.15, 0.2) is 41.1 Å². The summed E-state index contributed by atoms with van der Waals surface area (Å²) in [7, 11) is 0. The van der Waals surface area contributed by atoms with Crippen LogP contribution in [0.1, 0.15) is 0 Å². The highest BCUT2D eigenvalue weighted by Gasteiger charge is 2.10. The lowest BCUT2D eigenvalue weighted by atomic mass is 9.99. The Morgan fingerprint density at radius 1 is 1.33 bits per heavy atom. The van der Waals surface area contributed by atoms with Gasteiger partial charge >= 0.3 is 0 Å². The van der Waals surface area contributed by atoms with Crippen molar-refractivity contribution in [3.05, 3.63) is 36.1 Å². The summed E-state index contributed by atoms with van der Waals surface area (Å²) in [6.45, 7) is 0. The van der Waals surface area contributed by atoms with Crippen LogP contribution in [0.5, 0.6) is 0 Å². The third-order valence-corrected chi connectivity index (χ3v) is 1.57. The molecule has 0 saturated carbocycles. The largest absolute Gasteiger partial charge is 0.268 e. The van der Waals surface area contributed by atoms with Crippen molar-refractivity contribution in [1.82, 2.24) is 0 Å². The molecular formula is C8H7N. The van der Waals surface area contributed by atoms with Gasteiger partial charge in [0.1, 0.15) is 0 Å². The first-order valence-corrected chi connectivity index (χ1v) is 3.05. The Morgan fingerprint density at radius 2 is 2.33 bits per heavy atom. The van der Waals surface area contributed by atoms with Crippen molar-refractivity contribution in [2.24, 2.45) is 10.9 Å². The first-order valence-electron chi connectivity index (χ1n) is 3.05. The van der Waals surface area contributed by atoms with Gasteiger partial charge in [-0.3, -0.25) is 4.99 Å². The third kappa shape index (κ3) is 0.653. The SMILES string of the molecule is C1=CC2=CN=CC2C=C1. The van der Waals surface area contributed by atoms with Crippen LogP contribution in [0.3, 0.4) is 0 Å². The van der Waals surface area contributed by atoms with Gasteiger partial charge in [0.2, 0.25) is 0 Å². The average molecular weight is 117 g/mol. The maximum absolute atomic E-state index is 4.04. The Balaban J connectivity index is 2.40. The van der Waals surface area contributed by atoms with Gasteiger partial charge in [-0.15, -0.1) is 0 Å². The lowest BCUT2D eigenvalue weighted by Crippen LogP contribution is -1.97. The Hall–Kier alpha value is -1.11. The van der Waals surface area contributed by atoms with Crippen molar-refractivity contribution in [2.75, 3.05) is 0 Å². The van der Waals surface area contributed by atoms with Gasteiger partial charge in [0.05, 0.1) is 0 Å². The molecule has 1 heteroatoms. The molecule has 1 atom stereocenters. The number of hydrogen-bond acceptors (Lipinski definition) is 1. The fourth-order valence-electron chi connectivity index (χ4n) is 1.06. The molecule has 0 aromatic rings. The Labute approximate surface area is 54.1 Å². The maximum atomic E-state index is 4.04. The summed E-state index contributed by atoms with van der Waals surface area (Å²) in [4.78, 5) is 4.04. The molecule has 0 aromatic heterocycles. The molecule has 0 radical (unpaired) electrons. The minimum absolute atomic E-state index is 0.468. The van der Waals surface area contributed by atoms with Crippen LogP contribution in [0.25, 0.3) is 0 Å². The summed E-state index contributed by atoms with van der Waals surface area (Å²) in [5, 5.41) is 0. The fraction of sp³-hybridized carbons (Fsp3) is 0.125. The second kappa shape index (κ2) is 1.69. The van der Waals surface area contributed by atoms with Gasteiger partial charge in [-0.05, 0) is 5.57 Å². The molecule has 0 aromatic carbocycles. The molecule has 0 fully saturated rings. The lowest BCUT2D eigenvalue weighted by molar-refractivity contribution is 1.11. The minimum atomic E-state index is 0.468. The molecule has 9 heavy (non-hydrogen) atoms. The summed E-state index contributed by atoms with van der Waals surface area (Å²) in [5.74, 6) is 0.468. The topological polar surface area (TPSA) is 12.4 Å². The van der Waals surface area contributed by atoms with Gasteiger partial charge in [0, 0.05) is 18.3 Å². The molecule has 0 N–H and O–H groups in total. The number of fused-ring (bicyclic) bond motifs is 1.